The van der Waals surface area contributed by atoms with Crippen LogP contribution in [0.4, 0.5) is 26.2 Å². The molecule has 2 aromatic carbocycles. The number of nitrogens with zero attached hydrogens (tertiary/aromatic N) is 1. The molecule has 3 N–H and O–H groups in total. The van der Waals surface area contributed by atoms with Gasteiger partial charge in [-0.2, -0.15) is 0 Å². The van der Waals surface area contributed by atoms with Gasteiger partial charge in [-0.1, -0.05) is 18.5 Å². The Morgan fingerprint density at radius 1 is 1.10 bits per heavy atom. The number of hydrogen-bond donors (Lipinski definition) is 3. The molecule has 0 unspecified atom stereocenters. The molecule has 0 aromatic heterocycles. The number of rotatable bonds is 6. The molecule has 1 atom stereocenters. The van der Waals surface area contributed by atoms with E-state index in [0.717, 1.165) is 38.0 Å². The van der Waals surface area contributed by atoms with Gasteiger partial charge in [0, 0.05) is 36.2 Å². The summed E-state index contributed by atoms with van der Waals surface area (Å²) in [5.41, 5.74) is 2.24. The minimum Gasteiger partial charge on any atom is -0.371 e. The molecule has 160 valence electrons. The summed E-state index contributed by atoms with van der Waals surface area (Å²) in [5.74, 6) is -0.724. The zero-order valence-corrected chi connectivity index (χ0v) is 17.9. The van der Waals surface area contributed by atoms with Gasteiger partial charge >= 0.3 is 6.03 Å². The highest BCUT2D eigenvalue weighted by Gasteiger charge is 2.21. The number of nitrogens with one attached hydrogen (secondary N) is 3. The van der Waals surface area contributed by atoms with Gasteiger partial charge in [-0.25, -0.2) is 9.18 Å². The van der Waals surface area contributed by atoms with Gasteiger partial charge in [0.15, 0.2) is 0 Å². The zero-order chi connectivity index (χ0) is 21.7. The fraction of sp³-hybridized carbons (Fsp3) is 0.364. The maximum absolute atomic E-state index is 13.3. The number of hydrogen-bond acceptors (Lipinski definition) is 3. The summed E-state index contributed by atoms with van der Waals surface area (Å²) >= 11 is 5.75. The highest BCUT2D eigenvalue weighted by Crippen LogP contribution is 2.28. The van der Waals surface area contributed by atoms with Crippen LogP contribution in [0.15, 0.2) is 36.4 Å². The van der Waals surface area contributed by atoms with Crippen molar-refractivity contribution in [3.05, 3.63) is 52.8 Å². The Labute approximate surface area is 180 Å². The van der Waals surface area contributed by atoms with Crippen molar-refractivity contribution in [2.24, 2.45) is 0 Å². The van der Waals surface area contributed by atoms with Crippen LogP contribution >= 0.6 is 11.6 Å². The molecular formula is C22H26ClFN4O2. The molecule has 0 spiro atoms. The Morgan fingerprint density at radius 3 is 2.37 bits per heavy atom. The third-order valence-corrected chi connectivity index (χ3v) is 5.40. The summed E-state index contributed by atoms with van der Waals surface area (Å²) < 4.78 is 13.3. The number of benzene rings is 2. The van der Waals surface area contributed by atoms with Crippen LogP contribution in [-0.2, 0) is 0 Å². The van der Waals surface area contributed by atoms with E-state index in [-0.39, 0.29) is 17.0 Å². The smallest absolute Gasteiger partial charge is 0.323 e. The molecule has 8 heteroatoms. The Balaban J connectivity index is 1.78. The van der Waals surface area contributed by atoms with E-state index in [4.69, 9.17) is 11.6 Å². The monoisotopic (exact) mass is 432 g/mol. The van der Waals surface area contributed by atoms with Crippen molar-refractivity contribution in [2.45, 2.75) is 39.2 Å². The lowest BCUT2D eigenvalue weighted by Crippen LogP contribution is -2.33. The molecule has 0 bridgehead atoms. The lowest BCUT2D eigenvalue weighted by atomic mass is 10.1. The highest BCUT2D eigenvalue weighted by atomic mass is 35.5. The summed E-state index contributed by atoms with van der Waals surface area (Å²) in [6.07, 6.45) is 3.01. The summed E-state index contributed by atoms with van der Waals surface area (Å²) in [5, 5.41) is 8.25. The molecule has 1 aliphatic rings. The molecule has 1 aliphatic heterocycles. The van der Waals surface area contributed by atoms with Gasteiger partial charge in [-0.15, -0.1) is 0 Å². The number of anilines is 3. The molecule has 3 rings (SSSR count). The predicted molar refractivity (Wildman–Crippen MR) is 119 cm³/mol. The number of urea groups is 1. The number of amides is 3. The second-order valence-corrected chi connectivity index (χ2v) is 7.82. The number of carbonyl (C=O) groups is 2. The van der Waals surface area contributed by atoms with Crippen molar-refractivity contribution >= 4 is 40.6 Å². The van der Waals surface area contributed by atoms with Crippen LogP contribution < -0.4 is 20.9 Å². The largest absolute Gasteiger partial charge is 0.371 e. The summed E-state index contributed by atoms with van der Waals surface area (Å²) in [4.78, 5) is 27.4. The maximum Gasteiger partial charge on any atom is 0.323 e. The minimum atomic E-state index is -0.558. The second-order valence-electron chi connectivity index (χ2n) is 7.42. The molecule has 0 saturated carbocycles. The topological polar surface area (TPSA) is 73.5 Å². The number of carbonyl (C=O) groups excluding carboxylic acids is 2. The molecular weight excluding hydrogens is 407 g/mol. The van der Waals surface area contributed by atoms with Crippen LogP contribution in [0.2, 0.25) is 5.02 Å². The van der Waals surface area contributed by atoms with Crippen LogP contribution in [0.3, 0.4) is 0 Å². The van der Waals surface area contributed by atoms with Crippen molar-refractivity contribution in [1.82, 2.24) is 5.32 Å². The van der Waals surface area contributed by atoms with Gasteiger partial charge in [0.05, 0.1) is 10.6 Å². The average Bonchev–Trinajstić information content (AvgIpc) is 3.25. The van der Waals surface area contributed by atoms with Gasteiger partial charge in [-0.3, -0.25) is 4.79 Å². The van der Waals surface area contributed by atoms with Gasteiger partial charge < -0.3 is 20.9 Å². The van der Waals surface area contributed by atoms with Gasteiger partial charge in [0.25, 0.3) is 5.91 Å². The average molecular weight is 433 g/mol. The van der Waals surface area contributed by atoms with Gasteiger partial charge in [0.1, 0.15) is 5.82 Å². The minimum absolute atomic E-state index is 0.0482. The van der Waals surface area contributed by atoms with Crippen LogP contribution in [0.1, 0.15) is 43.5 Å². The summed E-state index contributed by atoms with van der Waals surface area (Å²) in [6, 6.07) is 8.78. The van der Waals surface area contributed by atoms with Crippen LogP contribution in [0.25, 0.3) is 0 Å². The standard InChI is InChI=1S/C22H26ClFN4O2/c1-3-14(2)25-21(29)17-12-15(7-9-20(17)28-10-4-5-11-28)26-22(30)27-16-6-8-19(24)18(23)13-16/h6-9,12-14H,3-5,10-11H2,1-2H3,(H,25,29)(H2,26,27,30)/t14-/m0/s1. The van der Waals surface area contributed by atoms with Gasteiger partial charge in [-0.05, 0) is 62.6 Å². The quantitative estimate of drug-likeness (QED) is 0.583. The van der Waals surface area contributed by atoms with E-state index in [1.807, 2.05) is 19.9 Å². The first-order valence-electron chi connectivity index (χ1n) is 10.1. The van der Waals surface area contributed by atoms with E-state index in [1.54, 1.807) is 12.1 Å². The first kappa shape index (κ1) is 21.9. The molecule has 30 heavy (non-hydrogen) atoms. The van der Waals surface area contributed by atoms with E-state index in [2.05, 4.69) is 20.9 Å². The van der Waals surface area contributed by atoms with Crippen molar-refractivity contribution in [1.29, 1.82) is 0 Å². The third kappa shape index (κ3) is 5.42. The SMILES string of the molecule is CC[C@H](C)NC(=O)c1cc(NC(=O)Nc2ccc(F)c(Cl)c2)ccc1N1CCCC1. The molecule has 1 heterocycles. The van der Waals surface area contributed by atoms with Crippen LogP contribution in [0, 0.1) is 5.82 Å². The lowest BCUT2D eigenvalue weighted by Gasteiger charge is -2.23. The summed E-state index contributed by atoms with van der Waals surface area (Å²) in [6.45, 7) is 5.78. The van der Waals surface area contributed by atoms with E-state index >= 15 is 0 Å². The molecule has 0 aliphatic carbocycles. The Kier molecular flexibility index (Phi) is 7.15. The molecule has 3 amide bonds. The first-order chi connectivity index (χ1) is 14.4. The van der Waals surface area contributed by atoms with E-state index < -0.39 is 11.8 Å². The Morgan fingerprint density at radius 2 is 1.73 bits per heavy atom. The van der Waals surface area contributed by atoms with Crippen molar-refractivity contribution in [3.63, 3.8) is 0 Å². The molecule has 0 radical (unpaired) electrons. The highest BCUT2D eigenvalue weighted by molar-refractivity contribution is 6.31. The Bertz CT molecular complexity index is 931. The zero-order valence-electron chi connectivity index (χ0n) is 17.1. The van der Waals surface area contributed by atoms with E-state index in [0.29, 0.717) is 16.9 Å². The van der Waals surface area contributed by atoms with E-state index in [1.165, 1.54) is 18.2 Å². The van der Waals surface area contributed by atoms with Gasteiger partial charge in [0.2, 0.25) is 0 Å². The first-order valence-corrected chi connectivity index (χ1v) is 10.5. The number of halogens is 2. The predicted octanol–water partition coefficient (Wildman–Crippen LogP) is 5.25. The molecule has 1 fully saturated rings. The van der Waals surface area contributed by atoms with Crippen molar-refractivity contribution in [3.8, 4) is 0 Å². The second kappa shape index (κ2) is 9.80. The van der Waals surface area contributed by atoms with Crippen LogP contribution in [0.5, 0.6) is 0 Å². The molecule has 2 aromatic rings. The maximum atomic E-state index is 13.3. The van der Waals surface area contributed by atoms with E-state index in [9.17, 15) is 14.0 Å². The van der Waals surface area contributed by atoms with Crippen molar-refractivity contribution < 1.29 is 14.0 Å². The molecule has 1 saturated heterocycles. The fourth-order valence-electron chi connectivity index (χ4n) is 3.30. The summed E-state index contributed by atoms with van der Waals surface area (Å²) in [7, 11) is 0. The normalized spacial score (nSPS) is 14.3. The van der Waals surface area contributed by atoms with Crippen molar-refractivity contribution in [2.75, 3.05) is 28.6 Å². The third-order valence-electron chi connectivity index (χ3n) is 5.11. The molecule has 6 nitrogen and oxygen atoms in total. The fourth-order valence-corrected chi connectivity index (χ4v) is 3.48. The van der Waals surface area contributed by atoms with Crippen LogP contribution in [-0.4, -0.2) is 31.1 Å². The lowest BCUT2D eigenvalue weighted by molar-refractivity contribution is 0.0939. The Hall–Kier alpha value is -2.80.